The van der Waals surface area contributed by atoms with Crippen LogP contribution < -0.4 is 10.6 Å². The van der Waals surface area contributed by atoms with Gasteiger partial charge in [0.25, 0.3) is 0 Å². The SMILES string of the molecule is CC(CCc1ccccc1)NC(=O)NCc1ccncc1. The molecule has 2 aromatic rings. The third-order valence-corrected chi connectivity index (χ3v) is 3.29. The second kappa shape index (κ2) is 8.04. The Morgan fingerprint density at radius 3 is 2.52 bits per heavy atom. The van der Waals surface area contributed by atoms with E-state index in [2.05, 4.69) is 27.8 Å². The molecule has 2 rings (SSSR count). The van der Waals surface area contributed by atoms with Gasteiger partial charge in [0.15, 0.2) is 0 Å². The van der Waals surface area contributed by atoms with Crippen LogP contribution in [-0.4, -0.2) is 17.1 Å². The Morgan fingerprint density at radius 2 is 1.81 bits per heavy atom. The van der Waals surface area contributed by atoms with Crippen molar-refractivity contribution in [2.45, 2.75) is 32.4 Å². The summed E-state index contributed by atoms with van der Waals surface area (Å²) < 4.78 is 0. The maximum absolute atomic E-state index is 11.8. The minimum atomic E-state index is -0.132. The van der Waals surface area contributed by atoms with Crippen LogP contribution in [-0.2, 0) is 13.0 Å². The van der Waals surface area contributed by atoms with Crippen LogP contribution in [0.5, 0.6) is 0 Å². The minimum Gasteiger partial charge on any atom is -0.336 e. The van der Waals surface area contributed by atoms with Gasteiger partial charge in [0.05, 0.1) is 0 Å². The number of carbonyl (C=O) groups is 1. The molecular formula is C17H21N3O. The maximum atomic E-state index is 11.8. The van der Waals surface area contributed by atoms with Crippen molar-refractivity contribution in [2.24, 2.45) is 0 Å². The van der Waals surface area contributed by atoms with Crippen LogP contribution in [0.2, 0.25) is 0 Å². The van der Waals surface area contributed by atoms with Gasteiger partial charge in [0, 0.05) is 25.0 Å². The first-order valence-electron chi connectivity index (χ1n) is 7.21. The lowest BCUT2D eigenvalue weighted by Gasteiger charge is -2.14. The van der Waals surface area contributed by atoms with Crippen molar-refractivity contribution in [2.75, 3.05) is 0 Å². The second-order valence-electron chi connectivity index (χ2n) is 5.11. The average molecular weight is 283 g/mol. The highest BCUT2D eigenvalue weighted by atomic mass is 16.2. The molecule has 1 unspecified atom stereocenters. The van der Waals surface area contributed by atoms with E-state index in [1.807, 2.05) is 37.3 Å². The lowest BCUT2D eigenvalue weighted by Crippen LogP contribution is -2.40. The third kappa shape index (κ3) is 5.65. The van der Waals surface area contributed by atoms with E-state index in [-0.39, 0.29) is 12.1 Å². The molecule has 21 heavy (non-hydrogen) atoms. The first-order chi connectivity index (χ1) is 10.2. The number of hydrogen-bond donors (Lipinski definition) is 2. The third-order valence-electron chi connectivity index (χ3n) is 3.29. The molecule has 0 saturated heterocycles. The number of pyridine rings is 1. The zero-order valence-electron chi connectivity index (χ0n) is 12.3. The first-order valence-corrected chi connectivity index (χ1v) is 7.21. The molecule has 1 heterocycles. The molecule has 1 aromatic heterocycles. The van der Waals surface area contributed by atoms with Crippen LogP contribution in [0.1, 0.15) is 24.5 Å². The highest BCUT2D eigenvalue weighted by Gasteiger charge is 2.07. The number of urea groups is 1. The van der Waals surface area contributed by atoms with Crippen LogP contribution in [0.25, 0.3) is 0 Å². The Labute approximate surface area is 125 Å². The number of hydrogen-bond acceptors (Lipinski definition) is 2. The van der Waals surface area contributed by atoms with Crippen LogP contribution in [0.3, 0.4) is 0 Å². The van der Waals surface area contributed by atoms with Gasteiger partial charge in [0.1, 0.15) is 0 Å². The minimum absolute atomic E-state index is 0.132. The molecular weight excluding hydrogens is 262 g/mol. The second-order valence-corrected chi connectivity index (χ2v) is 5.11. The summed E-state index contributed by atoms with van der Waals surface area (Å²) >= 11 is 0. The van der Waals surface area contributed by atoms with Gasteiger partial charge in [-0.15, -0.1) is 0 Å². The summed E-state index contributed by atoms with van der Waals surface area (Å²) in [5, 5.41) is 5.80. The Kier molecular flexibility index (Phi) is 5.76. The lowest BCUT2D eigenvalue weighted by atomic mass is 10.1. The van der Waals surface area contributed by atoms with E-state index in [1.54, 1.807) is 12.4 Å². The van der Waals surface area contributed by atoms with E-state index in [1.165, 1.54) is 5.56 Å². The molecule has 1 aromatic carbocycles. The molecule has 0 bridgehead atoms. The molecule has 110 valence electrons. The summed E-state index contributed by atoms with van der Waals surface area (Å²) in [4.78, 5) is 15.7. The van der Waals surface area contributed by atoms with Gasteiger partial charge in [0.2, 0.25) is 0 Å². The Balaban J connectivity index is 1.67. The van der Waals surface area contributed by atoms with Gasteiger partial charge < -0.3 is 10.6 Å². The number of rotatable bonds is 6. The van der Waals surface area contributed by atoms with Crippen molar-refractivity contribution < 1.29 is 4.79 Å². The normalized spacial score (nSPS) is 11.7. The molecule has 4 heteroatoms. The van der Waals surface area contributed by atoms with Crippen LogP contribution in [0, 0.1) is 0 Å². The van der Waals surface area contributed by atoms with Crippen LogP contribution in [0.4, 0.5) is 4.79 Å². The van der Waals surface area contributed by atoms with E-state index in [9.17, 15) is 4.79 Å². The van der Waals surface area contributed by atoms with Crippen LogP contribution in [0.15, 0.2) is 54.9 Å². The topological polar surface area (TPSA) is 54.0 Å². The smallest absolute Gasteiger partial charge is 0.315 e. The van der Waals surface area contributed by atoms with Crippen molar-refractivity contribution in [1.82, 2.24) is 15.6 Å². The molecule has 4 nitrogen and oxygen atoms in total. The van der Waals surface area contributed by atoms with Crippen molar-refractivity contribution in [3.8, 4) is 0 Å². The van der Waals surface area contributed by atoms with E-state index < -0.39 is 0 Å². The maximum Gasteiger partial charge on any atom is 0.315 e. The number of aryl methyl sites for hydroxylation is 1. The molecule has 0 spiro atoms. The highest BCUT2D eigenvalue weighted by molar-refractivity contribution is 5.74. The van der Waals surface area contributed by atoms with Crippen molar-refractivity contribution >= 4 is 6.03 Å². The Morgan fingerprint density at radius 1 is 1.10 bits per heavy atom. The monoisotopic (exact) mass is 283 g/mol. The van der Waals surface area contributed by atoms with Gasteiger partial charge in [-0.2, -0.15) is 0 Å². The fraction of sp³-hybridized carbons (Fsp3) is 0.294. The van der Waals surface area contributed by atoms with Gasteiger partial charge >= 0.3 is 6.03 Å². The predicted octanol–water partition coefficient (Wildman–Crippen LogP) is 2.90. The van der Waals surface area contributed by atoms with Gasteiger partial charge in [-0.3, -0.25) is 4.98 Å². The number of benzene rings is 1. The summed E-state index contributed by atoms with van der Waals surface area (Å²) in [5.41, 5.74) is 2.33. The first kappa shape index (κ1) is 15.0. The Hall–Kier alpha value is -2.36. The van der Waals surface area contributed by atoms with E-state index in [4.69, 9.17) is 0 Å². The number of nitrogens with one attached hydrogen (secondary N) is 2. The molecule has 0 aliphatic rings. The highest BCUT2D eigenvalue weighted by Crippen LogP contribution is 2.04. The number of carbonyl (C=O) groups excluding carboxylic acids is 1. The molecule has 1 atom stereocenters. The van der Waals surface area contributed by atoms with Gasteiger partial charge in [-0.25, -0.2) is 4.79 Å². The molecule has 0 fully saturated rings. The van der Waals surface area contributed by atoms with Gasteiger partial charge in [-0.05, 0) is 43.0 Å². The molecule has 0 saturated carbocycles. The number of aromatic nitrogens is 1. The van der Waals surface area contributed by atoms with E-state index in [0.717, 1.165) is 18.4 Å². The standard InChI is InChI=1S/C17H21N3O/c1-14(7-8-15-5-3-2-4-6-15)20-17(21)19-13-16-9-11-18-12-10-16/h2-6,9-12,14H,7-8,13H2,1H3,(H2,19,20,21). The summed E-state index contributed by atoms with van der Waals surface area (Å²) in [6.45, 7) is 2.54. The van der Waals surface area contributed by atoms with Crippen molar-refractivity contribution in [3.05, 3.63) is 66.0 Å². The molecule has 0 radical (unpaired) electrons. The average Bonchev–Trinajstić information content (AvgIpc) is 2.53. The molecule has 2 amide bonds. The molecule has 2 N–H and O–H groups in total. The predicted molar refractivity (Wildman–Crippen MR) is 83.8 cm³/mol. The fourth-order valence-electron chi connectivity index (χ4n) is 2.06. The zero-order valence-corrected chi connectivity index (χ0v) is 12.3. The largest absolute Gasteiger partial charge is 0.336 e. The summed E-state index contributed by atoms with van der Waals surface area (Å²) in [5.74, 6) is 0. The van der Waals surface area contributed by atoms with Crippen LogP contribution >= 0.6 is 0 Å². The number of nitrogens with zero attached hydrogens (tertiary/aromatic N) is 1. The van der Waals surface area contributed by atoms with Crippen molar-refractivity contribution in [3.63, 3.8) is 0 Å². The lowest BCUT2D eigenvalue weighted by molar-refractivity contribution is 0.237. The fourth-order valence-corrected chi connectivity index (χ4v) is 2.06. The molecule has 0 aliphatic heterocycles. The Bertz CT molecular complexity index is 542. The van der Waals surface area contributed by atoms with Gasteiger partial charge in [-0.1, -0.05) is 30.3 Å². The number of amides is 2. The molecule has 0 aliphatic carbocycles. The zero-order chi connectivity index (χ0) is 14.9. The quantitative estimate of drug-likeness (QED) is 0.856. The summed E-state index contributed by atoms with van der Waals surface area (Å²) in [6, 6.07) is 14.1. The van der Waals surface area contributed by atoms with Crippen molar-refractivity contribution in [1.29, 1.82) is 0 Å². The van der Waals surface area contributed by atoms with E-state index in [0.29, 0.717) is 6.54 Å². The summed E-state index contributed by atoms with van der Waals surface area (Å²) in [6.07, 6.45) is 5.33. The van der Waals surface area contributed by atoms with E-state index >= 15 is 0 Å². The summed E-state index contributed by atoms with van der Waals surface area (Å²) in [7, 11) is 0.